The van der Waals surface area contributed by atoms with Crippen molar-refractivity contribution in [3.63, 3.8) is 0 Å². The lowest BCUT2D eigenvalue weighted by Crippen LogP contribution is -2.45. The SMILES string of the molecule is Cc1cccn1-c1ccc(Sc2cc(F)cc(C3(C(N)=O)CCOCC3)c2)cc1. The number of carbonyl (C=O) groups is 1. The molecule has 6 heteroatoms. The average Bonchev–Trinajstić information content (AvgIpc) is 3.14. The van der Waals surface area contributed by atoms with Gasteiger partial charge in [0.15, 0.2) is 0 Å². The first kappa shape index (κ1) is 19.7. The molecule has 1 saturated heterocycles. The van der Waals surface area contributed by atoms with Gasteiger partial charge in [-0.3, -0.25) is 4.79 Å². The molecule has 1 aliphatic heterocycles. The molecule has 2 N–H and O–H groups in total. The maximum atomic E-state index is 14.4. The number of aryl methyl sites for hydroxylation is 1. The molecule has 1 aliphatic rings. The molecule has 0 bridgehead atoms. The summed E-state index contributed by atoms with van der Waals surface area (Å²) in [5.74, 6) is -0.787. The lowest BCUT2D eigenvalue weighted by molar-refractivity contribution is -0.127. The Labute approximate surface area is 173 Å². The van der Waals surface area contributed by atoms with Crippen molar-refractivity contribution in [2.45, 2.75) is 35.0 Å². The molecule has 0 saturated carbocycles. The van der Waals surface area contributed by atoms with Gasteiger partial charge in [-0.15, -0.1) is 0 Å². The molecule has 29 heavy (non-hydrogen) atoms. The number of rotatable bonds is 5. The molecule has 0 aliphatic carbocycles. The molecule has 0 atom stereocenters. The Bertz CT molecular complexity index is 1020. The number of hydrogen-bond donors (Lipinski definition) is 1. The van der Waals surface area contributed by atoms with Crippen LogP contribution in [0.5, 0.6) is 0 Å². The first-order valence-electron chi connectivity index (χ1n) is 9.59. The Balaban J connectivity index is 1.61. The van der Waals surface area contributed by atoms with E-state index < -0.39 is 11.3 Å². The third kappa shape index (κ3) is 3.95. The van der Waals surface area contributed by atoms with E-state index in [-0.39, 0.29) is 5.82 Å². The van der Waals surface area contributed by atoms with Gasteiger partial charge in [0.2, 0.25) is 5.91 Å². The van der Waals surface area contributed by atoms with Gasteiger partial charge in [-0.25, -0.2) is 4.39 Å². The first-order chi connectivity index (χ1) is 14.0. The second kappa shape index (κ2) is 8.05. The first-order valence-corrected chi connectivity index (χ1v) is 10.4. The summed E-state index contributed by atoms with van der Waals surface area (Å²) < 4.78 is 21.9. The summed E-state index contributed by atoms with van der Waals surface area (Å²) in [5, 5.41) is 0. The zero-order chi connectivity index (χ0) is 20.4. The lowest BCUT2D eigenvalue weighted by atomic mass is 9.73. The maximum absolute atomic E-state index is 14.4. The summed E-state index contributed by atoms with van der Waals surface area (Å²) in [6, 6.07) is 17.0. The minimum Gasteiger partial charge on any atom is -0.381 e. The lowest BCUT2D eigenvalue weighted by Gasteiger charge is -2.34. The highest BCUT2D eigenvalue weighted by atomic mass is 32.2. The number of nitrogens with zero attached hydrogens (tertiary/aromatic N) is 1. The second-order valence-corrected chi connectivity index (χ2v) is 8.50. The van der Waals surface area contributed by atoms with Crippen molar-refractivity contribution in [1.82, 2.24) is 4.57 Å². The molecule has 4 rings (SSSR count). The molecule has 0 unspecified atom stereocenters. The Kier molecular flexibility index (Phi) is 5.48. The van der Waals surface area contributed by atoms with E-state index in [0.29, 0.717) is 31.6 Å². The molecule has 0 spiro atoms. The van der Waals surface area contributed by atoms with E-state index in [2.05, 4.69) is 17.6 Å². The molecule has 1 amide bonds. The van der Waals surface area contributed by atoms with Gasteiger partial charge >= 0.3 is 0 Å². The molecule has 2 aromatic carbocycles. The Hall–Kier alpha value is -2.57. The molecule has 4 nitrogen and oxygen atoms in total. The van der Waals surface area contributed by atoms with E-state index in [1.165, 1.54) is 23.9 Å². The van der Waals surface area contributed by atoms with E-state index in [4.69, 9.17) is 10.5 Å². The molecular formula is C23H23FN2O2S. The van der Waals surface area contributed by atoms with Crippen LogP contribution in [0.3, 0.4) is 0 Å². The molecule has 2 heterocycles. The summed E-state index contributed by atoms with van der Waals surface area (Å²) in [7, 11) is 0. The number of primary amides is 1. The highest BCUT2D eigenvalue weighted by Crippen LogP contribution is 2.38. The standard InChI is InChI=1S/C23H23FN2O2S/c1-16-3-2-10-26(16)19-4-6-20(7-5-19)29-21-14-17(13-18(24)15-21)23(22(25)27)8-11-28-12-9-23/h2-7,10,13-15H,8-9,11-12H2,1H3,(H2,25,27). The fourth-order valence-electron chi connectivity index (χ4n) is 3.86. The Morgan fingerprint density at radius 3 is 2.45 bits per heavy atom. The van der Waals surface area contributed by atoms with E-state index in [1.807, 2.05) is 42.6 Å². The Morgan fingerprint density at radius 2 is 1.83 bits per heavy atom. The zero-order valence-corrected chi connectivity index (χ0v) is 17.0. The highest BCUT2D eigenvalue weighted by Gasteiger charge is 2.40. The van der Waals surface area contributed by atoms with E-state index >= 15 is 0 Å². The van der Waals surface area contributed by atoms with E-state index in [1.54, 1.807) is 0 Å². The predicted octanol–water partition coefficient (Wildman–Crippen LogP) is 4.61. The van der Waals surface area contributed by atoms with Crippen molar-refractivity contribution in [2.24, 2.45) is 5.73 Å². The quantitative estimate of drug-likeness (QED) is 0.668. The second-order valence-electron chi connectivity index (χ2n) is 7.35. The van der Waals surface area contributed by atoms with Gasteiger partial charge in [-0.05, 0) is 79.9 Å². The van der Waals surface area contributed by atoms with Gasteiger partial charge in [0.1, 0.15) is 5.82 Å². The molecule has 3 aromatic rings. The van der Waals surface area contributed by atoms with Crippen molar-refractivity contribution in [3.05, 3.63) is 77.9 Å². The van der Waals surface area contributed by atoms with Crippen LogP contribution in [-0.4, -0.2) is 23.7 Å². The van der Waals surface area contributed by atoms with Crippen LogP contribution in [0.15, 0.2) is 70.6 Å². The fourth-order valence-corrected chi connectivity index (χ4v) is 4.76. The highest BCUT2D eigenvalue weighted by molar-refractivity contribution is 7.99. The third-order valence-electron chi connectivity index (χ3n) is 5.55. The van der Waals surface area contributed by atoms with Crippen LogP contribution in [0, 0.1) is 12.7 Å². The van der Waals surface area contributed by atoms with Crippen LogP contribution < -0.4 is 5.73 Å². The van der Waals surface area contributed by atoms with Crippen LogP contribution in [-0.2, 0) is 14.9 Å². The number of carbonyl (C=O) groups excluding carboxylic acids is 1. The van der Waals surface area contributed by atoms with Crippen LogP contribution >= 0.6 is 11.8 Å². The Morgan fingerprint density at radius 1 is 1.10 bits per heavy atom. The van der Waals surface area contributed by atoms with Crippen molar-refractivity contribution in [2.75, 3.05) is 13.2 Å². The topological polar surface area (TPSA) is 57.2 Å². The number of hydrogen-bond acceptors (Lipinski definition) is 3. The summed E-state index contributed by atoms with van der Waals surface area (Å²) in [6.45, 7) is 2.95. The molecule has 150 valence electrons. The largest absolute Gasteiger partial charge is 0.381 e. The average molecular weight is 411 g/mol. The number of aromatic nitrogens is 1. The van der Waals surface area contributed by atoms with Crippen LogP contribution in [0.2, 0.25) is 0 Å². The normalized spacial score (nSPS) is 15.9. The summed E-state index contributed by atoms with van der Waals surface area (Å²) >= 11 is 1.47. The van der Waals surface area contributed by atoms with Crippen molar-refractivity contribution in [3.8, 4) is 5.69 Å². The van der Waals surface area contributed by atoms with Crippen molar-refractivity contribution in [1.29, 1.82) is 0 Å². The maximum Gasteiger partial charge on any atom is 0.228 e. The monoisotopic (exact) mass is 410 g/mol. The van der Waals surface area contributed by atoms with E-state index in [0.717, 1.165) is 21.2 Å². The third-order valence-corrected chi connectivity index (χ3v) is 6.52. The van der Waals surface area contributed by atoms with Crippen LogP contribution in [0.1, 0.15) is 24.1 Å². The minimum atomic E-state index is -0.870. The smallest absolute Gasteiger partial charge is 0.228 e. The number of amides is 1. The summed E-state index contributed by atoms with van der Waals surface area (Å²) in [6.07, 6.45) is 2.97. The summed E-state index contributed by atoms with van der Waals surface area (Å²) in [5.41, 5.74) is 7.74. The molecule has 1 fully saturated rings. The predicted molar refractivity (Wildman–Crippen MR) is 112 cm³/mol. The zero-order valence-electron chi connectivity index (χ0n) is 16.2. The summed E-state index contributed by atoms with van der Waals surface area (Å²) in [4.78, 5) is 14.0. The van der Waals surface area contributed by atoms with E-state index in [9.17, 15) is 9.18 Å². The van der Waals surface area contributed by atoms with Gasteiger partial charge in [-0.1, -0.05) is 11.8 Å². The van der Waals surface area contributed by atoms with Crippen LogP contribution in [0.4, 0.5) is 4.39 Å². The number of nitrogens with two attached hydrogens (primary N) is 1. The number of benzene rings is 2. The van der Waals surface area contributed by atoms with Gasteiger partial charge in [0, 0.05) is 40.6 Å². The van der Waals surface area contributed by atoms with Crippen molar-refractivity contribution >= 4 is 17.7 Å². The fraction of sp³-hybridized carbons (Fsp3) is 0.261. The number of halogens is 1. The number of ether oxygens (including phenoxy) is 1. The van der Waals surface area contributed by atoms with Crippen LogP contribution in [0.25, 0.3) is 5.69 Å². The minimum absolute atomic E-state index is 0.364. The molecule has 0 radical (unpaired) electrons. The van der Waals surface area contributed by atoms with Gasteiger partial charge in [0.05, 0.1) is 5.41 Å². The molecular weight excluding hydrogens is 387 g/mol. The molecule has 1 aromatic heterocycles. The van der Waals surface area contributed by atoms with Crippen molar-refractivity contribution < 1.29 is 13.9 Å². The van der Waals surface area contributed by atoms with Gasteiger partial charge < -0.3 is 15.0 Å². The van der Waals surface area contributed by atoms with Gasteiger partial charge in [0.25, 0.3) is 0 Å². The van der Waals surface area contributed by atoms with Gasteiger partial charge in [-0.2, -0.15) is 0 Å².